The molecule has 0 aliphatic carbocycles. The molecule has 69 heavy (non-hydrogen) atoms. The molecule has 0 atom stereocenters. The second kappa shape index (κ2) is 15.5. The van der Waals surface area contributed by atoms with Crippen molar-refractivity contribution in [2.45, 2.75) is 0 Å². The summed E-state index contributed by atoms with van der Waals surface area (Å²) in [4.78, 5) is 31.6. The van der Waals surface area contributed by atoms with E-state index in [-0.39, 0.29) is 0 Å². The first-order valence-electron chi connectivity index (χ1n) is 23.0. The van der Waals surface area contributed by atoms with Gasteiger partial charge in [-0.2, -0.15) is 19.9 Å². The molecule has 0 bridgehead atoms. The van der Waals surface area contributed by atoms with Gasteiger partial charge in [0.1, 0.15) is 0 Å². The van der Waals surface area contributed by atoms with Gasteiger partial charge in [-0.25, -0.2) is 9.97 Å². The standard InChI is InChI=1S/C60H37N9/c1-5-19-38(20-6-1)55-61-56(39-21-7-2-8-22-39)65-60(64-55)69-52-36-33-41(37-48(52)47-35-34-46-45-29-15-16-30-49(45)67(53(46)54(47)69)42-25-11-4-12-26-42)58-62-57(40-23-9-3-10-24-40)63-59(66-58)68-50-31-17-13-27-43(50)44-28-14-18-32-51(44)68/h1-37H. The largest absolute Gasteiger partial charge is 0.307 e. The van der Waals surface area contributed by atoms with E-state index < -0.39 is 0 Å². The quantitative estimate of drug-likeness (QED) is 0.158. The Morgan fingerprint density at radius 2 is 0.594 bits per heavy atom. The zero-order chi connectivity index (χ0) is 45.4. The zero-order valence-corrected chi connectivity index (χ0v) is 36.9. The molecule has 0 radical (unpaired) electrons. The molecular weight excluding hydrogens is 847 g/mol. The second-order valence-corrected chi connectivity index (χ2v) is 17.1. The highest BCUT2D eigenvalue weighted by atomic mass is 15.2. The Labute approximate surface area is 394 Å². The maximum atomic E-state index is 5.35. The lowest BCUT2D eigenvalue weighted by Crippen LogP contribution is -2.07. The highest BCUT2D eigenvalue weighted by Gasteiger charge is 2.25. The molecule has 0 spiro atoms. The molecule has 0 unspecified atom stereocenters. The number of rotatable bonds is 7. The predicted molar refractivity (Wildman–Crippen MR) is 278 cm³/mol. The number of hydrogen-bond acceptors (Lipinski definition) is 6. The molecule has 14 aromatic rings. The summed E-state index contributed by atoms with van der Waals surface area (Å²) in [6, 6.07) is 77.4. The second-order valence-electron chi connectivity index (χ2n) is 17.1. The summed E-state index contributed by atoms with van der Waals surface area (Å²) in [5, 5.41) is 6.56. The van der Waals surface area contributed by atoms with E-state index >= 15 is 0 Å². The van der Waals surface area contributed by atoms with Crippen molar-refractivity contribution in [2.75, 3.05) is 0 Å². The van der Waals surface area contributed by atoms with Gasteiger partial charge in [0.05, 0.1) is 33.1 Å². The van der Waals surface area contributed by atoms with Crippen molar-refractivity contribution >= 4 is 65.4 Å². The molecule has 0 saturated carbocycles. The van der Waals surface area contributed by atoms with Crippen LogP contribution in [0, 0.1) is 0 Å². The van der Waals surface area contributed by atoms with Gasteiger partial charge in [0.15, 0.2) is 23.3 Å². The molecule has 0 N–H and O–H groups in total. The van der Waals surface area contributed by atoms with E-state index in [1.54, 1.807) is 0 Å². The fourth-order valence-corrected chi connectivity index (χ4v) is 10.1. The normalized spacial score (nSPS) is 11.8. The molecule has 9 nitrogen and oxygen atoms in total. The topological polar surface area (TPSA) is 92.1 Å². The van der Waals surface area contributed by atoms with Gasteiger partial charge in [-0.05, 0) is 48.5 Å². The van der Waals surface area contributed by atoms with Gasteiger partial charge in [-0.1, -0.05) is 176 Å². The Hall–Kier alpha value is -9.60. The first kappa shape index (κ1) is 38.6. The SMILES string of the molecule is c1ccc(-c2nc(-c3ccc4c(c3)c3ccc5c6ccccc6n(-c6ccccc6)c5c3n4-c3nc(-c4ccccc4)nc(-c4ccccc4)n3)nc(-n3c4ccccc4c4ccccc43)n2)cc1. The van der Waals surface area contributed by atoms with Gasteiger partial charge in [0.25, 0.3) is 0 Å². The van der Waals surface area contributed by atoms with E-state index in [0.717, 1.165) is 93.4 Å². The minimum Gasteiger partial charge on any atom is -0.307 e. The van der Waals surface area contributed by atoms with Crippen LogP contribution in [-0.4, -0.2) is 43.6 Å². The van der Waals surface area contributed by atoms with Crippen LogP contribution in [0.1, 0.15) is 0 Å². The molecule has 0 fully saturated rings. The van der Waals surface area contributed by atoms with Crippen molar-refractivity contribution in [3.63, 3.8) is 0 Å². The van der Waals surface area contributed by atoms with E-state index in [9.17, 15) is 0 Å². The highest BCUT2D eigenvalue weighted by Crippen LogP contribution is 2.43. The third kappa shape index (κ3) is 6.18. The van der Waals surface area contributed by atoms with E-state index in [0.29, 0.717) is 35.2 Å². The van der Waals surface area contributed by atoms with Crippen LogP contribution in [0.5, 0.6) is 0 Å². The van der Waals surface area contributed by atoms with E-state index in [4.69, 9.17) is 29.9 Å². The van der Waals surface area contributed by atoms with E-state index in [1.807, 2.05) is 91.0 Å². The summed E-state index contributed by atoms with van der Waals surface area (Å²) >= 11 is 0. The number of benzene rings is 9. The summed E-state index contributed by atoms with van der Waals surface area (Å²) in [5.74, 6) is 3.35. The van der Waals surface area contributed by atoms with Crippen molar-refractivity contribution in [1.29, 1.82) is 0 Å². The molecule has 14 rings (SSSR count). The van der Waals surface area contributed by atoms with E-state index in [2.05, 4.69) is 147 Å². The number of nitrogens with zero attached hydrogens (tertiary/aromatic N) is 9. The first-order chi connectivity index (χ1) is 34.2. The average Bonchev–Trinajstić information content (AvgIpc) is 4.07. The molecule has 0 aliphatic heterocycles. The fourth-order valence-electron chi connectivity index (χ4n) is 10.1. The third-order valence-electron chi connectivity index (χ3n) is 13.2. The lowest BCUT2D eigenvalue weighted by atomic mass is 10.1. The summed E-state index contributed by atoms with van der Waals surface area (Å²) in [7, 11) is 0. The van der Waals surface area contributed by atoms with Gasteiger partial charge in [-0.15, -0.1) is 0 Å². The van der Waals surface area contributed by atoms with Crippen LogP contribution in [0.3, 0.4) is 0 Å². The Kier molecular flexibility index (Phi) is 8.68. The van der Waals surface area contributed by atoms with Gasteiger partial charge < -0.3 is 4.57 Å². The average molecular weight is 884 g/mol. The smallest absolute Gasteiger partial charge is 0.238 e. The molecule has 0 amide bonds. The van der Waals surface area contributed by atoms with Crippen LogP contribution < -0.4 is 0 Å². The summed E-state index contributed by atoms with van der Waals surface area (Å²) in [6.45, 7) is 0. The third-order valence-corrected chi connectivity index (χ3v) is 13.2. The lowest BCUT2D eigenvalue weighted by molar-refractivity contribution is 0.952. The van der Waals surface area contributed by atoms with Crippen molar-refractivity contribution in [2.24, 2.45) is 0 Å². The van der Waals surface area contributed by atoms with Crippen LogP contribution in [0.4, 0.5) is 0 Å². The maximum Gasteiger partial charge on any atom is 0.238 e. The number of para-hydroxylation sites is 4. The van der Waals surface area contributed by atoms with Gasteiger partial charge >= 0.3 is 0 Å². The summed E-state index contributed by atoms with van der Waals surface area (Å²) in [6.07, 6.45) is 0. The Morgan fingerprint density at radius 3 is 1.10 bits per heavy atom. The molecule has 0 saturated heterocycles. The van der Waals surface area contributed by atoms with Gasteiger partial charge in [-0.3, -0.25) is 9.13 Å². The van der Waals surface area contributed by atoms with Crippen molar-refractivity contribution < 1.29 is 0 Å². The van der Waals surface area contributed by atoms with Crippen molar-refractivity contribution in [1.82, 2.24) is 43.6 Å². The fraction of sp³-hybridized carbons (Fsp3) is 0. The number of aromatic nitrogens is 9. The van der Waals surface area contributed by atoms with Crippen LogP contribution in [-0.2, 0) is 0 Å². The van der Waals surface area contributed by atoms with Crippen LogP contribution in [0.2, 0.25) is 0 Å². The molecule has 9 heteroatoms. The monoisotopic (exact) mass is 883 g/mol. The molecule has 5 heterocycles. The molecule has 322 valence electrons. The molecule has 5 aromatic heterocycles. The van der Waals surface area contributed by atoms with Crippen LogP contribution >= 0.6 is 0 Å². The summed E-state index contributed by atoms with van der Waals surface area (Å²) in [5.41, 5.74) is 10.7. The summed E-state index contributed by atoms with van der Waals surface area (Å²) < 4.78 is 6.75. The Bertz CT molecular complexity index is 4180. The minimum atomic E-state index is 0.507. The Morgan fingerprint density at radius 1 is 0.232 bits per heavy atom. The maximum absolute atomic E-state index is 5.35. The van der Waals surface area contributed by atoms with Crippen LogP contribution in [0.25, 0.3) is 129 Å². The lowest BCUT2D eigenvalue weighted by Gasteiger charge is -2.13. The highest BCUT2D eigenvalue weighted by molar-refractivity contribution is 6.24. The predicted octanol–water partition coefficient (Wildman–Crippen LogP) is 14.0. The van der Waals surface area contributed by atoms with Gasteiger partial charge in [0.2, 0.25) is 11.9 Å². The zero-order valence-electron chi connectivity index (χ0n) is 36.9. The Balaban J connectivity index is 1.09. The van der Waals surface area contributed by atoms with Gasteiger partial charge in [0, 0.05) is 60.3 Å². The number of fused-ring (bicyclic) bond motifs is 10. The molecule has 0 aliphatic rings. The number of hydrogen-bond donors (Lipinski definition) is 0. The van der Waals surface area contributed by atoms with Crippen molar-refractivity contribution in [3.8, 4) is 63.1 Å². The molecule has 9 aromatic carbocycles. The van der Waals surface area contributed by atoms with Crippen LogP contribution in [0.15, 0.2) is 224 Å². The first-order valence-corrected chi connectivity index (χ1v) is 23.0. The minimum absolute atomic E-state index is 0.507. The molecular formula is C60H37N9. The van der Waals surface area contributed by atoms with E-state index in [1.165, 1.54) is 0 Å². The van der Waals surface area contributed by atoms with Crippen molar-refractivity contribution in [3.05, 3.63) is 224 Å².